The number of rotatable bonds is 13. The van der Waals surface area contributed by atoms with E-state index in [0.717, 1.165) is 51.4 Å². The van der Waals surface area contributed by atoms with Crippen LogP contribution in [0.3, 0.4) is 0 Å². The Hall–Kier alpha value is -2.11. The number of benzene rings is 1. The van der Waals surface area contributed by atoms with Crippen LogP contribution in [0.25, 0.3) is 0 Å². The SMILES string of the molecule is CCCCCC(C)N(C(=O)OCc1ccccc1[N+](=O)[O-])C(C)CCCCC. The van der Waals surface area contributed by atoms with Gasteiger partial charge in [0.1, 0.15) is 6.61 Å². The summed E-state index contributed by atoms with van der Waals surface area (Å²) in [5.41, 5.74) is 0.395. The first-order valence-corrected chi connectivity index (χ1v) is 10.6. The minimum absolute atomic E-state index is 0.0196. The van der Waals surface area contributed by atoms with Gasteiger partial charge in [-0.15, -0.1) is 0 Å². The molecule has 0 spiro atoms. The van der Waals surface area contributed by atoms with Crippen LogP contribution >= 0.6 is 0 Å². The van der Waals surface area contributed by atoms with Gasteiger partial charge in [0.25, 0.3) is 5.69 Å². The maximum atomic E-state index is 12.9. The van der Waals surface area contributed by atoms with Crippen molar-refractivity contribution < 1.29 is 14.5 Å². The third-order valence-electron chi connectivity index (χ3n) is 5.15. The number of ether oxygens (including phenoxy) is 1. The molecule has 0 heterocycles. The smallest absolute Gasteiger partial charge is 0.410 e. The second kappa shape index (κ2) is 13.1. The second-order valence-electron chi connectivity index (χ2n) is 7.54. The van der Waals surface area contributed by atoms with Crippen LogP contribution in [0.1, 0.15) is 84.6 Å². The summed E-state index contributed by atoms with van der Waals surface area (Å²) in [5.74, 6) is 0. The van der Waals surface area contributed by atoms with Crippen molar-refractivity contribution >= 4 is 11.8 Å². The Balaban J connectivity index is 2.81. The van der Waals surface area contributed by atoms with Crippen molar-refractivity contribution in [3.05, 3.63) is 39.9 Å². The number of amides is 1. The number of para-hydroxylation sites is 1. The first-order chi connectivity index (χ1) is 13.4. The zero-order valence-electron chi connectivity index (χ0n) is 17.9. The molecule has 2 unspecified atom stereocenters. The summed E-state index contributed by atoms with van der Waals surface area (Å²) in [5, 5.41) is 11.2. The van der Waals surface area contributed by atoms with Gasteiger partial charge >= 0.3 is 6.09 Å². The summed E-state index contributed by atoms with van der Waals surface area (Å²) in [6.45, 7) is 8.37. The van der Waals surface area contributed by atoms with Crippen molar-refractivity contribution in [1.82, 2.24) is 4.90 Å². The number of unbranched alkanes of at least 4 members (excludes halogenated alkanes) is 4. The van der Waals surface area contributed by atoms with Gasteiger partial charge in [0.05, 0.1) is 10.5 Å². The number of carbonyl (C=O) groups excluding carboxylic acids is 1. The molecule has 0 aliphatic carbocycles. The van der Waals surface area contributed by atoms with Gasteiger partial charge in [-0.05, 0) is 32.8 Å². The fourth-order valence-corrected chi connectivity index (χ4v) is 3.48. The van der Waals surface area contributed by atoms with E-state index in [1.54, 1.807) is 18.2 Å². The minimum Gasteiger partial charge on any atom is -0.444 e. The van der Waals surface area contributed by atoms with Gasteiger partial charge in [-0.1, -0.05) is 64.5 Å². The molecule has 1 aromatic rings. The number of hydrogen-bond donors (Lipinski definition) is 0. The highest BCUT2D eigenvalue weighted by Crippen LogP contribution is 2.22. The standard InChI is InChI=1S/C22H36N2O4/c1-5-7-9-13-18(3)23(19(4)14-10-8-6-2)22(25)28-17-20-15-11-12-16-21(20)24(26)27/h11-12,15-16,18-19H,5-10,13-14,17H2,1-4H3. The summed E-state index contributed by atoms with van der Waals surface area (Å²) in [7, 11) is 0. The van der Waals surface area contributed by atoms with E-state index in [2.05, 4.69) is 27.7 Å². The molecule has 0 aliphatic heterocycles. The van der Waals surface area contributed by atoms with Crippen LogP contribution in [0.2, 0.25) is 0 Å². The van der Waals surface area contributed by atoms with Gasteiger partial charge in [0.15, 0.2) is 0 Å². The Kier molecular flexibility index (Phi) is 11.2. The van der Waals surface area contributed by atoms with Crippen molar-refractivity contribution in [2.75, 3.05) is 0 Å². The highest BCUT2D eigenvalue weighted by Gasteiger charge is 2.27. The molecule has 0 saturated heterocycles. The van der Waals surface area contributed by atoms with Gasteiger partial charge in [-0.3, -0.25) is 10.1 Å². The van der Waals surface area contributed by atoms with E-state index in [1.807, 2.05) is 4.90 Å². The van der Waals surface area contributed by atoms with Crippen LogP contribution in [0, 0.1) is 10.1 Å². The molecule has 6 nitrogen and oxygen atoms in total. The molecule has 2 atom stereocenters. The predicted octanol–water partition coefficient (Wildman–Crippen LogP) is 6.47. The van der Waals surface area contributed by atoms with Gasteiger partial charge in [-0.25, -0.2) is 4.79 Å². The van der Waals surface area contributed by atoms with Crippen molar-refractivity contribution in [2.24, 2.45) is 0 Å². The molecule has 0 aliphatic rings. The molecule has 6 heteroatoms. The Morgan fingerprint density at radius 2 is 1.57 bits per heavy atom. The van der Waals surface area contributed by atoms with E-state index >= 15 is 0 Å². The zero-order chi connectivity index (χ0) is 20.9. The van der Waals surface area contributed by atoms with E-state index in [9.17, 15) is 14.9 Å². The van der Waals surface area contributed by atoms with Crippen LogP contribution in [-0.2, 0) is 11.3 Å². The summed E-state index contributed by atoms with van der Waals surface area (Å²) in [4.78, 5) is 25.4. The molecule has 0 N–H and O–H groups in total. The summed E-state index contributed by atoms with van der Waals surface area (Å²) in [6, 6.07) is 6.56. The van der Waals surface area contributed by atoms with E-state index in [-0.39, 0.29) is 30.5 Å². The third kappa shape index (κ3) is 7.87. The fourth-order valence-electron chi connectivity index (χ4n) is 3.48. The Labute approximate surface area is 169 Å². The molecule has 158 valence electrons. The Morgan fingerprint density at radius 3 is 2.07 bits per heavy atom. The van der Waals surface area contributed by atoms with Crippen LogP contribution in [0.4, 0.5) is 10.5 Å². The highest BCUT2D eigenvalue weighted by molar-refractivity contribution is 5.68. The van der Waals surface area contributed by atoms with E-state index < -0.39 is 4.92 Å². The van der Waals surface area contributed by atoms with Gasteiger partial charge < -0.3 is 9.64 Å². The quantitative estimate of drug-likeness (QED) is 0.219. The Morgan fingerprint density at radius 1 is 1.04 bits per heavy atom. The molecule has 1 aromatic carbocycles. The van der Waals surface area contributed by atoms with Crippen molar-refractivity contribution in [3.63, 3.8) is 0 Å². The van der Waals surface area contributed by atoms with E-state index in [0.29, 0.717) is 5.56 Å². The number of carbonyl (C=O) groups is 1. The Bertz CT molecular complexity index is 590. The number of nitro benzene ring substituents is 1. The second-order valence-corrected chi connectivity index (χ2v) is 7.54. The molecule has 0 fully saturated rings. The number of hydrogen-bond acceptors (Lipinski definition) is 4. The molecule has 1 rings (SSSR count). The molecule has 1 amide bonds. The maximum Gasteiger partial charge on any atom is 0.410 e. The fraction of sp³-hybridized carbons (Fsp3) is 0.682. The zero-order valence-corrected chi connectivity index (χ0v) is 17.9. The normalized spacial score (nSPS) is 13.0. The maximum absolute atomic E-state index is 12.9. The van der Waals surface area contributed by atoms with Gasteiger partial charge in [0, 0.05) is 18.2 Å². The third-order valence-corrected chi connectivity index (χ3v) is 5.15. The van der Waals surface area contributed by atoms with Gasteiger partial charge in [-0.2, -0.15) is 0 Å². The predicted molar refractivity (Wildman–Crippen MR) is 112 cm³/mol. The molecule has 0 bridgehead atoms. The molecule has 0 radical (unpaired) electrons. The summed E-state index contributed by atoms with van der Waals surface area (Å²) in [6.07, 6.45) is 8.22. The summed E-state index contributed by atoms with van der Waals surface area (Å²) < 4.78 is 5.52. The van der Waals surface area contributed by atoms with Crippen molar-refractivity contribution in [1.29, 1.82) is 0 Å². The lowest BCUT2D eigenvalue weighted by Crippen LogP contribution is -2.45. The average Bonchev–Trinajstić information content (AvgIpc) is 2.67. The lowest BCUT2D eigenvalue weighted by atomic mass is 10.0. The van der Waals surface area contributed by atoms with Crippen LogP contribution in [0.5, 0.6) is 0 Å². The number of nitro groups is 1. The lowest BCUT2D eigenvalue weighted by Gasteiger charge is -2.34. The minimum atomic E-state index is -0.443. The lowest BCUT2D eigenvalue weighted by molar-refractivity contribution is -0.385. The monoisotopic (exact) mass is 392 g/mol. The summed E-state index contributed by atoms with van der Waals surface area (Å²) >= 11 is 0. The molecular weight excluding hydrogens is 356 g/mol. The van der Waals surface area contributed by atoms with Crippen molar-refractivity contribution in [2.45, 2.75) is 97.8 Å². The van der Waals surface area contributed by atoms with Crippen LogP contribution in [0.15, 0.2) is 24.3 Å². The van der Waals surface area contributed by atoms with Gasteiger partial charge in [0.2, 0.25) is 0 Å². The van der Waals surface area contributed by atoms with E-state index in [1.165, 1.54) is 6.07 Å². The molecule has 28 heavy (non-hydrogen) atoms. The first-order valence-electron chi connectivity index (χ1n) is 10.6. The number of nitrogens with zero attached hydrogens (tertiary/aromatic N) is 2. The largest absolute Gasteiger partial charge is 0.444 e. The molecule has 0 aromatic heterocycles. The van der Waals surface area contributed by atoms with Crippen LogP contribution < -0.4 is 0 Å². The highest BCUT2D eigenvalue weighted by atomic mass is 16.6. The van der Waals surface area contributed by atoms with E-state index in [4.69, 9.17) is 4.74 Å². The average molecular weight is 393 g/mol. The van der Waals surface area contributed by atoms with Crippen molar-refractivity contribution in [3.8, 4) is 0 Å². The van der Waals surface area contributed by atoms with Crippen LogP contribution in [-0.4, -0.2) is 28.0 Å². The molecule has 0 saturated carbocycles. The first kappa shape index (κ1) is 23.9. The molecular formula is C22H36N2O4. The topological polar surface area (TPSA) is 72.7 Å².